The van der Waals surface area contributed by atoms with E-state index in [2.05, 4.69) is 6.07 Å². The van der Waals surface area contributed by atoms with Crippen LogP contribution in [0.2, 0.25) is 0 Å². The zero-order chi connectivity index (χ0) is 8.43. The summed E-state index contributed by atoms with van der Waals surface area (Å²) in [5.41, 5.74) is 5.60. The zero-order valence-corrected chi connectivity index (χ0v) is 6.45. The highest BCUT2D eigenvalue weighted by atomic mass is 16.2. The lowest BCUT2D eigenvalue weighted by molar-refractivity contribution is -0.127. The summed E-state index contributed by atoms with van der Waals surface area (Å²) >= 11 is 0. The second kappa shape index (κ2) is 2.89. The first-order valence-electron chi connectivity index (χ1n) is 3.56. The summed E-state index contributed by atoms with van der Waals surface area (Å²) in [5.74, 6) is -0.183. The summed E-state index contributed by atoms with van der Waals surface area (Å²) < 4.78 is 0. The smallest absolute Gasteiger partial charge is 0.219 e. The van der Waals surface area contributed by atoms with Gasteiger partial charge in [-0.05, 0) is 0 Å². The van der Waals surface area contributed by atoms with Crippen molar-refractivity contribution in [3.05, 3.63) is 0 Å². The summed E-state index contributed by atoms with van der Waals surface area (Å²) in [4.78, 5) is 12.4. The molecule has 1 aliphatic heterocycles. The van der Waals surface area contributed by atoms with Crippen molar-refractivity contribution in [3.63, 3.8) is 0 Å². The molecule has 1 heterocycles. The molecule has 0 bridgehead atoms. The van der Waals surface area contributed by atoms with E-state index >= 15 is 0 Å². The molecule has 1 fully saturated rings. The molecule has 0 aromatic carbocycles. The molecule has 4 heteroatoms. The van der Waals surface area contributed by atoms with Gasteiger partial charge in [0.25, 0.3) is 0 Å². The first kappa shape index (κ1) is 8.02. The highest BCUT2D eigenvalue weighted by Gasteiger charge is 2.31. The average molecular weight is 153 g/mol. The number of hydrogen-bond donors (Lipinski definition) is 1. The number of nitriles is 1. The van der Waals surface area contributed by atoms with Gasteiger partial charge in [-0.25, -0.2) is 0 Å². The lowest BCUT2D eigenvalue weighted by Gasteiger charge is -2.11. The molecule has 0 saturated carbocycles. The number of likely N-dealkylation sites (tertiary alicyclic amines) is 1. The molecule has 4 nitrogen and oxygen atoms in total. The zero-order valence-electron chi connectivity index (χ0n) is 6.45. The summed E-state index contributed by atoms with van der Waals surface area (Å²) in [7, 11) is 0. The molecule has 2 N–H and O–H groups in total. The molecule has 11 heavy (non-hydrogen) atoms. The topological polar surface area (TPSA) is 70.1 Å². The lowest BCUT2D eigenvalue weighted by atomic mass is 10.1. The Bertz CT molecular complexity index is 208. The number of amides is 1. The van der Waals surface area contributed by atoms with Gasteiger partial charge < -0.3 is 10.6 Å². The molecule has 0 aliphatic carbocycles. The van der Waals surface area contributed by atoms with Crippen LogP contribution >= 0.6 is 0 Å². The van der Waals surface area contributed by atoms with Crippen molar-refractivity contribution >= 4 is 5.91 Å². The number of nitrogens with two attached hydrogens (primary N) is 1. The molecule has 0 unspecified atom stereocenters. The Balaban J connectivity index is 2.58. The first-order valence-corrected chi connectivity index (χ1v) is 3.56. The van der Waals surface area contributed by atoms with E-state index in [4.69, 9.17) is 11.0 Å². The van der Waals surface area contributed by atoms with Crippen LogP contribution in [0.3, 0.4) is 0 Å². The molecular weight excluding hydrogens is 142 g/mol. The number of nitrogens with zero attached hydrogens (tertiary/aromatic N) is 2. The van der Waals surface area contributed by atoms with E-state index in [-0.39, 0.29) is 17.9 Å². The van der Waals surface area contributed by atoms with Crippen LogP contribution in [0.1, 0.15) is 6.92 Å². The second-order valence-corrected chi connectivity index (χ2v) is 2.82. The van der Waals surface area contributed by atoms with Crippen LogP contribution in [0.25, 0.3) is 0 Å². The van der Waals surface area contributed by atoms with Gasteiger partial charge in [0.1, 0.15) is 0 Å². The minimum atomic E-state index is -0.182. The Morgan fingerprint density at radius 1 is 1.73 bits per heavy atom. The van der Waals surface area contributed by atoms with Gasteiger partial charge in [-0.3, -0.25) is 4.79 Å². The van der Waals surface area contributed by atoms with Gasteiger partial charge in [-0.15, -0.1) is 0 Å². The Morgan fingerprint density at radius 3 is 2.64 bits per heavy atom. The minimum absolute atomic E-state index is 0.00167. The van der Waals surface area contributed by atoms with Crippen LogP contribution in [0, 0.1) is 17.2 Å². The van der Waals surface area contributed by atoms with Crippen molar-refractivity contribution in [1.82, 2.24) is 4.90 Å². The molecule has 60 valence electrons. The monoisotopic (exact) mass is 153 g/mol. The number of rotatable bonds is 0. The summed E-state index contributed by atoms with van der Waals surface area (Å²) in [6.45, 7) is 2.51. The van der Waals surface area contributed by atoms with Crippen molar-refractivity contribution in [1.29, 1.82) is 5.26 Å². The minimum Gasteiger partial charge on any atom is -0.340 e. The highest BCUT2D eigenvalue weighted by Crippen LogP contribution is 2.13. The van der Waals surface area contributed by atoms with E-state index in [1.54, 1.807) is 4.90 Å². The van der Waals surface area contributed by atoms with E-state index < -0.39 is 0 Å². The predicted octanol–water partition coefficient (Wildman–Crippen LogP) is -0.684. The van der Waals surface area contributed by atoms with E-state index in [1.807, 2.05) is 0 Å². The molecule has 1 aliphatic rings. The van der Waals surface area contributed by atoms with Crippen LogP contribution in [-0.4, -0.2) is 29.9 Å². The Kier molecular flexibility index (Phi) is 2.11. The normalized spacial score (nSPS) is 30.1. The fraction of sp³-hybridized carbons (Fsp3) is 0.714. The first-order chi connectivity index (χ1) is 5.15. The van der Waals surface area contributed by atoms with Crippen LogP contribution in [0.5, 0.6) is 0 Å². The average Bonchev–Trinajstić information content (AvgIpc) is 2.31. The Morgan fingerprint density at radius 2 is 2.36 bits per heavy atom. The fourth-order valence-electron chi connectivity index (χ4n) is 1.22. The van der Waals surface area contributed by atoms with Gasteiger partial charge in [0.15, 0.2) is 0 Å². The summed E-state index contributed by atoms with van der Waals surface area (Å²) in [6.07, 6.45) is 0. The maximum atomic E-state index is 10.8. The van der Waals surface area contributed by atoms with Gasteiger partial charge in [-0.1, -0.05) is 0 Å². The van der Waals surface area contributed by atoms with Crippen LogP contribution in [0.15, 0.2) is 0 Å². The number of carbonyl (C=O) groups is 1. The molecule has 1 saturated heterocycles. The lowest BCUT2D eigenvalue weighted by Crippen LogP contribution is -2.30. The molecule has 0 aromatic heterocycles. The molecule has 0 radical (unpaired) electrons. The molecule has 0 spiro atoms. The van der Waals surface area contributed by atoms with Gasteiger partial charge in [0.2, 0.25) is 5.91 Å². The summed E-state index contributed by atoms with van der Waals surface area (Å²) in [6, 6.07) is 1.92. The van der Waals surface area contributed by atoms with Gasteiger partial charge in [0.05, 0.1) is 12.0 Å². The van der Waals surface area contributed by atoms with Crippen LogP contribution in [-0.2, 0) is 4.79 Å². The largest absolute Gasteiger partial charge is 0.340 e. The molecule has 1 amide bonds. The van der Waals surface area contributed by atoms with Crippen molar-refractivity contribution in [3.8, 4) is 6.07 Å². The quantitative estimate of drug-likeness (QED) is 0.501. The van der Waals surface area contributed by atoms with Gasteiger partial charge in [-0.2, -0.15) is 5.26 Å². The van der Waals surface area contributed by atoms with Gasteiger partial charge in [0, 0.05) is 26.1 Å². The highest BCUT2D eigenvalue weighted by molar-refractivity contribution is 5.73. The van der Waals surface area contributed by atoms with Crippen LogP contribution < -0.4 is 5.73 Å². The SMILES string of the molecule is CC(=O)N1C[C@H](N)[C@@H](C#N)C1. The molecule has 0 aromatic rings. The maximum absolute atomic E-state index is 10.8. The third-order valence-corrected chi connectivity index (χ3v) is 1.98. The van der Waals surface area contributed by atoms with Crippen molar-refractivity contribution in [2.24, 2.45) is 11.7 Å². The molecule has 1 rings (SSSR count). The van der Waals surface area contributed by atoms with Gasteiger partial charge >= 0.3 is 0 Å². The molecule has 2 atom stereocenters. The third-order valence-electron chi connectivity index (χ3n) is 1.98. The van der Waals surface area contributed by atoms with Crippen LogP contribution in [0.4, 0.5) is 0 Å². The van der Waals surface area contributed by atoms with Crippen molar-refractivity contribution in [2.45, 2.75) is 13.0 Å². The maximum Gasteiger partial charge on any atom is 0.219 e. The molecular formula is C7H11N3O. The Labute approximate surface area is 65.6 Å². The van der Waals surface area contributed by atoms with E-state index in [1.165, 1.54) is 6.92 Å². The van der Waals surface area contributed by atoms with E-state index in [9.17, 15) is 4.79 Å². The predicted molar refractivity (Wildman–Crippen MR) is 39.3 cm³/mol. The summed E-state index contributed by atoms with van der Waals surface area (Å²) in [5, 5.41) is 8.57. The third kappa shape index (κ3) is 1.49. The van der Waals surface area contributed by atoms with E-state index in [0.717, 1.165) is 0 Å². The standard InChI is InChI=1S/C7H11N3O/c1-5(11)10-3-6(2-8)7(9)4-10/h6-7H,3-4,9H2,1H3/t6-,7-/m0/s1. The number of hydrogen-bond acceptors (Lipinski definition) is 3. The van der Waals surface area contributed by atoms with Crippen molar-refractivity contribution < 1.29 is 4.79 Å². The fourth-order valence-corrected chi connectivity index (χ4v) is 1.22. The van der Waals surface area contributed by atoms with E-state index in [0.29, 0.717) is 13.1 Å². The second-order valence-electron chi connectivity index (χ2n) is 2.82. The Hall–Kier alpha value is -1.08. The number of carbonyl (C=O) groups excluding carboxylic acids is 1. The van der Waals surface area contributed by atoms with Crippen molar-refractivity contribution in [2.75, 3.05) is 13.1 Å².